The van der Waals surface area contributed by atoms with Gasteiger partial charge in [0.15, 0.2) is 0 Å². The van der Waals surface area contributed by atoms with Crippen molar-refractivity contribution in [3.8, 4) is 0 Å². The highest BCUT2D eigenvalue weighted by Gasteiger charge is 2.16. The molecular weight excluding hydrogens is 172 g/mol. The minimum absolute atomic E-state index is 0.717. The summed E-state index contributed by atoms with van der Waals surface area (Å²) in [5.41, 5.74) is 2.77. The molecule has 2 rings (SSSR count). The van der Waals surface area contributed by atoms with Gasteiger partial charge in [-0.15, -0.1) is 0 Å². The zero-order chi connectivity index (χ0) is 9.97. The Hall–Kier alpha value is -1.02. The average Bonchev–Trinajstić information content (AvgIpc) is 2.71. The SMILES string of the molecule is CN(C)c1cccc([C@H]2CCNC2)c1. The third-order valence-corrected chi connectivity index (χ3v) is 2.92. The third kappa shape index (κ3) is 1.90. The molecule has 0 amide bonds. The van der Waals surface area contributed by atoms with Crippen molar-refractivity contribution in [2.24, 2.45) is 0 Å². The molecule has 0 bridgehead atoms. The second kappa shape index (κ2) is 4.01. The van der Waals surface area contributed by atoms with Gasteiger partial charge in [-0.25, -0.2) is 0 Å². The molecule has 1 aromatic carbocycles. The molecule has 14 heavy (non-hydrogen) atoms. The lowest BCUT2D eigenvalue weighted by molar-refractivity contribution is 0.763. The molecule has 1 aliphatic rings. The van der Waals surface area contributed by atoms with E-state index in [9.17, 15) is 0 Å². The first-order valence-electron chi connectivity index (χ1n) is 5.25. The normalized spacial score (nSPS) is 21.1. The molecule has 1 saturated heterocycles. The smallest absolute Gasteiger partial charge is 0.0363 e. The molecular formula is C12H18N2. The van der Waals surface area contributed by atoms with Crippen LogP contribution in [0.5, 0.6) is 0 Å². The number of hydrogen-bond donors (Lipinski definition) is 1. The van der Waals surface area contributed by atoms with Crippen LogP contribution in [0.4, 0.5) is 5.69 Å². The minimum atomic E-state index is 0.717. The van der Waals surface area contributed by atoms with Gasteiger partial charge >= 0.3 is 0 Å². The summed E-state index contributed by atoms with van der Waals surface area (Å²) in [5.74, 6) is 0.717. The van der Waals surface area contributed by atoms with Crippen LogP contribution in [0.3, 0.4) is 0 Å². The van der Waals surface area contributed by atoms with Crippen molar-refractivity contribution in [1.82, 2.24) is 5.32 Å². The van der Waals surface area contributed by atoms with Crippen molar-refractivity contribution in [2.45, 2.75) is 12.3 Å². The molecule has 0 unspecified atom stereocenters. The number of hydrogen-bond acceptors (Lipinski definition) is 2. The maximum atomic E-state index is 3.41. The number of nitrogens with zero attached hydrogens (tertiary/aromatic N) is 1. The van der Waals surface area contributed by atoms with E-state index in [1.54, 1.807) is 0 Å². The lowest BCUT2D eigenvalue weighted by atomic mass is 9.98. The first-order valence-corrected chi connectivity index (χ1v) is 5.25. The van der Waals surface area contributed by atoms with E-state index in [1.165, 1.54) is 17.7 Å². The van der Waals surface area contributed by atoms with Gasteiger partial charge in [0.2, 0.25) is 0 Å². The molecule has 0 saturated carbocycles. The Morgan fingerprint density at radius 1 is 1.36 bits per heavy atom. The molecule has 1 fully saturated rings. The topological polar surface area (TPSA) is 15.3 Å². The van der Waals surface area contributed by atoms with Gasteiger partial charge in [-0.05, 0) is 36.6 Å². The van der Waals surface area contributed by atoms with Crippen LogP contribution in [0.15, 0.2) is 24.3 Å². The van der Waals surface area contributed by atoms with E-state index in [0.29, 0.717) is 0 Å². The molecule has 1 N–H and O–H groups in total. The summed E-state index contributed by atoms with van der Waals surface area (Å²) in [6.07, 6.45) is 1.27. The van der Waals surface area contributed by atoms with Crippen LogP contribution >= 0.6 is 0 Å². The van der Waals surface area contributed by atoms with Crippen molar-refractivity contribution in [3.05, 3.63) is 29.8 Å². The maximum Gasteiger partial charge on any atom is 0.0363 e. The largest absolute Gasteiger partial charge is 0.378 e. The van der Waals surface area contributed by atoms with Gasteiger partial charge in [0.1, 0.15) is 0 Å². The fraction of sp³-hybridized carbons (Fsp3) is 0.500. The summed E-state index contributed by atoms with van der Waals surface area (Å²) in [6, 6.07) is 8.86. The maximum absolute atomic E-state index is 3.41. The van der Waals surface area contributed by atoms with Crippen molar-refractivity contribution in [1.29, 1.82) is 0 Å². The van der Waals surface area contributed by atoms with Gasteiger partial charge in [0, 0.05) is 26.3 Å². The number of rotatable bonds is 2. The van der Waals surface area contributed by atoms with E-state index >= 15 is 0 Å². The van der Waals surface area contributed by atoms with E-state index in [-0.39, 0.29) is 0 Å². The van der Waals surface area contributed by atoms with Crippen LogP contribution < -0.4 is 10.2 Å². The molecule has 0 aromatic heterocycles. The van der Waals surface area contributed by atoms with Gasteiger partial charge < -0.3 is 10.2 Å². The zero-order valence-corrected chi connectivity index (χ0v) is 8.96. The lowest BCUT2D eigenvalue weighted by Crippen LogP contribution is -2.10. The van der Waals surface area contributed by atoms with Gasteiger partial charge in [-0.1, -0.05) is 12.1 Å². The Labute approximate surface area is 85.9 Å². The predicted octanol–water partition coefficient (Wildman–Crippen LogP) is 1.83. The minimum Gasteiger partial charge on any atom is -0.378 e. The van der Waals surface area contributed by atoms with E-state index in [2.05, 4.69) is 48.6 Å². The Balaban J connectivity index is 2.21. The third-order valence-electron chi connectivity index (χ3n) is 2.92. The Bertz CT molecular complexity index is 301. The standard InChI is InChI=1S/C12H18N2/c1-14(2)12-5-3-4-10(8-12)11-6-7-13-9-11/h3-5,8,11,13H,6-7,9H2,1-2H3/t11-/m0/s1. The molecule has 0 aliphatic carbocycles. The predicted molar refractivity (Wildman–Crippen MR) is 61.0 cm³/mol. The Morgan fingerprint density at radius 2 is 2.21 bits per heavy atom. The second-order valence-corrected chi connectivity index (χ2v) is 4.18. The van der Waals surface area contributed by atoms with E-state index in [1.807, 2.05) is 0 Å². The fourth-order valence-corrected chi connectivity index (χ4v) is 2.00. The highest BCUT2D eigenvalue weighted by Crippen LogP contribution is 2.25. The van der Waals surface area contributed by atoms with Crippen molar-refractivity contribution in [2.75, 3.05) is 32.1 Å². The summed E-state index contributed by atoms with van der Waals surface area (Å²) in [5, 5.41) is 3.41. The number of anilines is 1. The summed E-state index contributed by atoms with van der Waals surface area (Å²) >= 11 is 0. The number of nitrogens with one attached hydrogen (secondary N) is 1. The molecule has 2 heteroatoms. The summed E-state index contributed by atoms with van der Waals surface area (Å²) < 4.78 is 0. The highest BCUT2D eigenvalue weighted by atomic mass is 15.1. The Kier molecular flexibility index (Phi) is 2.73. The monoisotopic (exact) mass is 190 g/mol. The summed E-state index contributed by atoms with van der Waals surface area (Å²) in [6.45, 7) is 2.30. The average molecular weight is 190 g/mol. The second-order valence-electron chi connectivity index (χ2n) is 4.18. The highest BCUT2D eigenvalue weighted by molar-refractivity contribution is 5.48. The summed E-state index contributed by atoms with van der Waals surface area (Å²) in [7, 11) is 4.18. The van der Waals surface area contributed by atoms with Crippen molar-refractivity contribution >= 4 is 5.69 Å². The lowest BCUT2D eigenvalue weighted by Gasteiger charge is -2.15. The van der Waals surface area contributed by atoms with Gasteiger partial charge in [-0.2, -0.15) is 0 Å². The van der Waals surface area contributed by atoms with Crippen LogP contribution in [0.1, 0.15) is 17.9 Å². The van der Waals surface area contributed by atoms with E-state index < -0.39 is 0 Å². The van der Waals surface area contributed by atoms with E-state index in [0.717, 1.165) is 19.0 Å². The van der Waals surface area contributed by atoms with Crippen LogP contribution in [-0.4, -0.2) is 27.2 Å². The first kappa shape index (κ1) is 9.53. The van der Waals surface area contributed by atoms with Crippen LogP contribution in [0.2, 0.25) is 0 Å². The molecule has 1 heterocycles. The molecule has 0 radical (unpaired) electrons. The zero-order valence-electron chi connectivity index (χ0n) is 8.96. The first-order chi connectivity index (χ1) is 6.77. The molecule has 1 aromatic rings. The van der Waals surface area contributed by atoms with Gasteiger partial charge in [0.05, 0.1) is 0 Å². The summed E-state index contributed by atoms with van der Waals surface area (Å²) in [4.78, 5) is 2.16. The molecule has 0 spiro atoms. The molecule has 2 nitrogen and oxygen atoms in total. The van der Waals surface area contributed by atoms with E-state index in [4.69, 9.17) is 0 Å². The van der Waals surface area contributed by atoms with Gasteiger partial charge in [0.25, 0.3) is 0 Å². The quantitative estimate of drug-likeness (QED) is 0.765. The van der Waals surface area contributed by atoms with Gasteiger partial charge in [-0.3, -0.25) is 0 Å². The molecule has 76 valence electrons. The molecule has 1 atom stereocenters. The van der Waals surface area contributed by atoms with Crippen molar-refractivity contribution in [3.63, 3.8) is 0 Å². The van der Waals surface area contributed by atoms with Crippen LogP contribution in [0, 0.1) is 0 Å². The Morgan fingerprint density at radius 3 is 2.86 bits per heavy atom. The molecule has 1 aliphatic heterocycles. The fourth-order valence-electron chi connectivity index (χ4n) is 2.00. The van der Waals surface area contributed by atoms with Crippen molar-refractivity contribution < 1.29 is 0 Å². The van der Waals surface area contributed by atoms with Crippen LogP contribution in [0.25, 0.3) is 0 Å². The number of benzene rings is 1. The van der Waals surface area contributed by atoms with Crippen LogP contribution in [-0.2, 0) is 0 Å².